The van der Waals surface area contributed by atoms with Crippen molar-refractivity contribution in [1.29, 1.82) is 0 Å². The van der Waals surface area contributed by atoms with Gasteiger partial charge in [0.2, 0.25) is 17.7 Å². The van der Waals surface area contributed by atoms with E-state index in [0.29, 0.717) is 113 Å². The maximum atomic E-state index is 13.4. The van der Waals surface area contributed by atoms with E-state index in [4.69, 9.17) is 24.5 Å². The highest BCUT2D eigenvalue weighted by atomic mass is 125. The average molecular weight is 1550 g/mol. The van der Waals surface area contributed by atoms with E-state index in [1.165, 1.54) is 0 Å². The molecule has 9 aromatic rings. The van der Waals surface area contributed by atoms with E-state index < -0.39 is 6.67 Å². The molecule has 3 aromatic heterocycles. The Morgan fingerprint density at radius 2 is 0.859 bits per heavy atom. The van der Waals surface area contributed by atoms with Gasteiger partial charge < -0.3 is 33.1 Å². The Labute approximate surface area is 607 Å². The number of methoxy groups -OCH3 is 1. The van der Waals surface area contributed by atoms with E-state index in [-0.39, 0.29) is 30.3 Å². The number of alkyl halides is 1. The maximum absolute atomic E-state index is 13.4. The first-order chi connectivity index (χ1) is 48.2. The zero-order valence-corrected chi connectivity index (χ0v) is 60.5. The summed E-state index contributed by atoms with van der Waals surface area (Å²) in [6, 6.07) is 47.1. The largest absolute Gasteiger partial charge is 0.497 e. The molecule has 6 heterocycles. The van der Waals surface area contributed by atoms with Gasteiger partial charge in [0.05, 0.1) is 89.2 Å². The predicted octanol–water partition coefficient (Wildman–Crippen LogP) is 15.1. The number of nitrogens with zero attached hydrogens (tertiary/aromatic N) is 15. The highest BCUT2D eigenvalue weighted by Gasteiger charge is 2.36. The molecule has 3 aliphatic heterocycles. The minimum absolute atomic E-state index is 0.0286. The summed E-state index contributed by atoms with van der Waals surface area (Å²) in [6.07, 6.45) is 18.1. The van der Waals surface area contributed by atoms with E-state index in [1.54, 1.807) is 36.7 Å². The van der Waals surface area contributed by atoms with E-state index in [0.717, 1.165) is 96.5 Å². The van der Waals surface area contributed by atoms with Gasteiger partial charge in [-0.2, -0.15) is 0 Å². The number of benzene rings is 6. The summed E-state index contributed by atoms with van der Waals surface area (Å²) in [6.45, 7) is 32.1. The molecule has 0 N–H and O–H groups in total. The van der Waals surface area contributed by atoms with E-state index >= 15 is 0 Å². The topological polar surface area (TPSA) is 146 Å². The van der Waals surface area contributed by atoms with Gasteiger partial charge in [-0.05, 0) is 130 Å². The summed E-state index contributed by atoms with van der Waals surface area (Å²) in [4.78, 5) is 75.0. The first kappa shape index (κ1) is 72.6. The van der Waals surface area contributed by atoms with E-state index in [1.807, 2.05) is 154 Å². The van der Waals surface area contributed by atoms with Gasteiger partial charge in [0, 0.05) is 126 Å². The first-order valence-corrected chi connectivity index (χ1v) is 35.6. The lowest BCUT2D eigenvalue weighted by Crippen LogP contribution is -2.56. The van der Waals surface area contributed by atoms with Crippen molar-refractivity contribution in [2.45, 2.75) is 116 Å². The van der Waals surface area contributed by atoms with Crippen molar-refractivity contribution in [2.75, 3.05) is 67.8 Å². The van der Waals surface area contributed by atoms with Crippen molar-refractivity contribution in [2.24, 2.45) is 0 Å². The fourth-order valence-corrected chi connectivity index (χ4v) is 13.8. The van der Waals surface area contributed by atoms with Crippen LogP contribution in [0.5, 0.6) is 5.75 Å². The van der Waals surface area contributed by atoms with Gasteiger partial charge in [-0.15, -0.1) is 0 Å². The molecule has 0 radical (unpaired) electrons. The molecule has 0 bridgehead atoms. The fraction of sp³-hybridized carbons (Fsp3) is 0.338. The molecule has 3 amide bonds. The number of hydrogen-bond donors (Lipinski definition) is 0. The lowest BCUT2D eigenvalue weighted by atomic mass is 10.0. The predicted molar refractivity (Wildman–Crippen MR) is 403 cm³/mol. The van der Waals surface area contributed by atoms with Crippen LogP contribution in [0.3, 0.4) is 0 Å². The second-order valence-corrected chi connectivity index (χ2v) is 27.5. The monoisotopic (exact) mass is 1550 g/mol. The second-order valence-electron chi connectivity index (χ2n) is 25.0. The summed E-state index contributed by atoms with van der Waals surface area (Å²) in [5.74, 6) is 0.938. The highest BCUT2D eigenvalue weighted by Crippen LogP contribution is 2.31. The number of hydrogen-bond acceptors (Lipinski definition) is 10. The van der Waals surface area contributed by atoms with Crippen LogP contribution in [0.1, 0.15) is 92.6 Å². The van der Waals surface area contributed by atoms with Crippen molar-refractivity contribution in [3.63, 3.8) is 0 Å². The molecule has 22 heteroatoms. The van der Waals surface area contributed by atoms with Crippen LogP contribution >= 0.6 is 45.2 Å². The number of anilines is 3. The molecular weight excluding hydrogens is 1460 g/mol. The number of rotatable bonds is 24. The number of imidazole rings is 3. The fourth-order valence-electron chi connectivity index (χ4n) is 12.8. The zero-order chi connectivity index (χ0) is 69.6. The second kappa shape index (κ2) is 36.1. The third kappa shape index (κ3) is 19.9. The van der Waals surface area contributed by atoms with Gasteiger partial charge >= 0.3 is 0 Å². The molecule has 3 aliphatic rings. The molecule has 0 aliphatic carbocycles. The Kier molecular flexibility index (Phi) is 26.5. The maximum Gasteiger partial charge on any atom is 0.241 e. The third-order valence-corrected chi connectivity index (χ3v) is 19.6. The van der Waals surface area contributed by atoms with Crippen LogP contribution in [0.4, 0.5) is 38.5 Å². The lowest BCUT2D eigenvalue weighted by molar-refractivity contribution is -0.123. The molecule has 99 heavy (non-hydrogen) atoms. The minimum Gasteiger partial charge on any atom is -0.497 e. The molecule has 19 nitrogen and oxygen atoms in total. The SMILES string of the molecule is [C-]#[N+]c1ccc(Cn2cncc2CN2CC(=O)N(c3cccc(O[11CH3])c3)C[C@@H]2CCF)cc1.[C-]#[N+]c1ccc(Cn2cncc2CN2CC(=O)N(c3cccc([123I])c3)C[C@@H]2CCCC)cc1.[C-]#[N+]c1ccc(Cn2cncc2CN2CC(=O)N(c3cccc([125I])c3)C[C@@H]2CCCC)cc1. The molecular formula is C77H82FI2N15O4. The number of amides is 3. The van der Waals surface area contributed by atoms with E-state index in [2.05, 4.69) is 132 Å². The Morgan fingerprint density at radius 1 is 0.495 bits per heavy atom. The van der Waals surface area contributed by atoms with Crippen LogP contribution in [-0.2, 0) is 53.7 Å². The summed E-state index contributed by atoms with van der Waals surface area (Å²) in [7, 11) is 1.59. The number of carbonyl (C=O) groups excluding carboxylic acids is 3. The van der Waals surface area contributed by atoms with Crippen molar-refractivity contribution in [3.05, 3.63) is 258 Å². The Bertz CT molecular complexity index is 4090. The number of unbranched alkanes of at least 4 members (excludes halogenated alkanes) is 2. The number of halogens is 3. The molecule has 3 saturated heterocycles. The smallest absolute Gasteiger partial charge is 0.241 e. The summed E-state index contributed by atoms with van der Waals surface area (Å²) in [5, 5.41) is 0. The van der Waals surface area contributed by atoms with Gasteiger partial charge in [0.25, 0.3) is 0 Å². The first-order valence-electron chi connectivity index (χ1n) is 33.5. The Morgan fingerprint density at radius 3 is 1.21 bits per heavy atom. The van der Waals surface area contributed by atoms with Crippen LogP contribution in [-0.4, -0.2) is 132 Å². The minimum atomic E-state index is -0.450. The van der Waals surface area contributed by atoms with Crippen molar-refractivity contribution >= 4 is 97.0 Å². The average Bonchev–Trinajstić information content (AvgIpc) is 1.57. The summed E-state index contributed by atoms with van der Waals surface area (Å²) >= 11 is 4.60. The van der Waals surface area contributed by atoms with Gasteiger partial charge in [0.1, 0.15) is 5.75 Å². The van der Waals surface area contributed by atoms with Crippen molar-refractivity contribution in [3.8, 4) is 5.75 Å². The van der Waals surface area contributed by atoms with E-state index in [9.17, 15) is 18.8 Å². The Balaban J connectivity index is 0.000000161. The lowest BCUT2D eigenvalue weighted by Gasteiger charge is -2.41. The van der Waals surface area contributed by atoms with Crippen LogP contribution in [0.25, 0.3) is 14.5 Å². The van der Waals surface area contributed by atoms with Crippen molar-refractivity contribution < 1.29 is 23.5 Å². The zero-order valence-electron chi connectivity index (χ0n) is 56.2. The van der Waals surface area contributed by atoms with Crippen LogP contribution in [0.2, 0.25) is 0 Å². The number of carbonyl (C=O) groups is 3. The molecule has 0 saturated carbocycles. The summed E-state index contributed by atoms with van der Waals surface area (Å²) < 4.78 is 27.3. The number of aromatic nitrogens is 6. The molecule has 3 fully saturated rings. The van der Waals surface area contributed by atoms with Crippen LogP contribution < -0.4 is 19.4 Å². The molecule has 510 valence electrons. The highest BCUT2D eigenvalue weighted by molar-refractivity contribution is 14.1. The number of piperazine rings is 3. The normalized spacial score (nSPS) is 16.7. The molecule has 3 atom stereocenters. The van der Waals surface area contributed by atoms with Gasteiger partial charge in [-0.1, -0.05) is 131 Å². The van der Waals surface area contributed by atoms with Gasteiger partial charge in [0.15, 0.2) is 17.1 Å². The molecule has 0 unspecified atom stereocenters. The van der Waals surface area contributed by atoms with Gasteiger partial charge in [-0.3, -0.25) is 33.5 Å². The summed E-state index contributed by atoms with van der Waals surface area (Å²) in [5.41, 5.74) is 11.1. The molecule has 6 aromatic carbocycles. The van der Waals surface area contributed by atoms with Crippen LogP contribution in [0, 0.1) is 26.9 Å². The third-order valence-electron chi connectivity index (χ3n) is 18.2. The Hall–Kier alpha value is -9.10. The number of ether oxygens (including phenoxy) is 1. The standard InChI is InChI=1S/2C26H28IN5O.C25H26FN5O2/c2*1-3-4-7-24-17-32(23-8-5-6-21(27)13-23)26(33)18-30(24)16-25-14-29-19-31(25)15-20-9-11-22(28-2)12-10-20;1-27-20-8-6-19(7-9-20)14-30-18-28-13-23(30)15-29-17-25(32)31(16-22(29)10-11-26)21-4-3-5-24(12-21)33-2/h2*5-6,8-14,19,24H,3-4,7,15-18H2,1H3;3-9,12-13,18,22H,10-11,14-17H2,2H3/t2*24-;22-/m000/s1/i27-2;27-4;2-1. The molecule has 0 spiro atoms. The quantitative estimate of drug-likeness (QED) is 0.0423. The molecule has 12 rings (SSSR count). The van der Waals surface area contributed by atoms with Crippen molar-refractivity contribution in [1.82, 2.24) is 43.4 Å². The van der Waals surface area contributed by atoms with Gasteiger partial charge in [-0.25, -0.2) is 29.5 Å². The van der Waals surface area contributed by atoms with Crippen LogP contribution in [0.15, 0.2) is 183 Å².